The molecule has 0 saturated carbocycles. The number of carbonyl (C=O) groups is 3. The summed E-state index contributed by atoms with van der Waals surface area (Å²) in [4.78, 5) is 35.1. The van der Waals surface area contributed by atoms with Crippen LogP contribution in [0.4, 0.5) is 21.9 Å². The van der Waals surface area contributed by atoms with Crippen molar-refractivity contribution < 1.29 is 23.9 Å². The molecule has 0 aliphatic rings. The van der Waals surface area contributed by atoms with Crippen LogP contribution in [0.2, 0.25) is 0 Å². The molecule has 2 aromatic carbocycles. The standard InChI is InChI=1S/C19H21N3O5/c1-4-27-19(25)21-14-7-5-13(6-8-14)18(24)22-16-11-15(20-12(2)23)9-10-17(16)26-3/h5-11H,4H2,1-3H3,(H,20,23)(H,21,25)(H,22,24). The fourth-order valence-electron chi connectivity index (χ4n) is 2.27. The van der Waals surface area contributed by atoms with E-state index >= 15 is 0 Å². The van der Waals surface area contributed by atoms with Crippen LogP contribution >= 0.6 is 0 Å². The summed E-state index contributed by atoms with van der Waals surface area (Å²) in [6.07, 6.45) is -0.561. The molecule has 8 heteroatoms. The van der Waals surface area contributed by atoms with Crippen molar-refractivity contribution in [2.75, 3.05) is 29.7 Å². The van der Waals surface area contributed by atoms with Crippen LogP contribution in [0.3, 0.4) is 0 Å². The van der Waals surface area contributed by atoms with Crippen LogP contribution in [0.25, 0.3) is 0 Å². The van der Waals surface area contributed by atoms with E-state index in [-0.39, 0.29) is 18.4 Å². The van der Waals surface area contributed by atoms with Gasteiger partial charge in [-0.05, 0) is 49.4 Å². The van der Waals surface area contributed by atoms with E-state index in [0.717, 1.165) is 0 Å². The van der Waals surface area contributed by atoms with Gasteiger partial charge in [0.15, 0.2) is 0 Å². The number of methoxy groups -OCH3 is 1. The Labute approximate surface area is 156 Å². The van der Waals surface area contributed by atoms with Gasteiger partial charge in [0.1, 0.15) is 5.75 Å². The Morgan fingerprint density at radius 3 is 2.19 bits per heavy atom. The minimum atomic E-state index is -0.561. The SMILES string of the molecule is CCOC(=O)Nc1ccc(C(=O)Nc2cc(NC(C)=O)ccc2OC)cc1. The Kier molecular flexibility index (Phi) is 6.76. The molecule has 0 spiro atoms. The summed E-state index contributed by atoms with van der Waals surface area (Å²) in [7, 11) is 1.49. The average molecular weight is 371 g/mol. The quantitative estimate of drug-likeness (QED) is 0.721. The van der Waals surface area contributed by atoms with E-state index in [1.54, 1.807) is 49.4 Å². The predicted octanol–water partition coefficient (Wildman–Crippen LogP) is 3.47. The molecule has 3 N–H and O–H groups in total. The van der Waals surface area contributed by atoms with Gasteiger partial charge < -0.3 is 20.1 Å². The highest BCUT2D eigenvalue weighted by molar-refractivity contribution is 6.05. The fourth-order valence-corrected chi connectivity index (χ4v) is 2.27. The van der Waals surface area contributed by atoms with Gasteiger partial charge in [-0.3, -0.25) is 14.9 Å². The molecule has 0 aliphatic heterocycles. The van der Waals surface area contributed by atoms with E-state index < -0.39 is 6.09 Å². The van der Waals surface area contributed by atoms with E-state index in [4.69, 9.17) is 9.47 Å². The molecule has 0 heterocycles. The minimum absolute atomic E-state index is 0.220. The van der Waals surface area contributed by atoms with Crippen LogP contribution in [0.5, 0.6) is 5.75 Å². The zero-order valence-electron chi connectivity index (χ0n) is 15.3. The van der Waals surface area contributed by atoms with E-state index in [0.29, 0.717) is 28.4 Å². The maximum absolute atomic E-state index is 12.5. The fraction of sp³-hybridized carbons (Fsp3) is 0.211. The van der Waals surface area contributed by atoms with Gasteiger partial charge in [-0.15, -0.1) is 0 Å². The lowest BCUT2D eigenvalue weighted by Gasteiger charge is -2.13. The Morgan fingerprint density at radius 2 is 1.59 bits per heavy atom. The second kappa shape index (κ2) is 9.23. The molecule has 2 rings (SSSR count). The van der Waals surface area contributed by atoms with Crippen molar-refractivity contribution in [3.8, 4) is 5.75 Å². The lowest BCUT2D eigenvalue weighted by atomic mass is 10.1. The number of ether oxygens (including phenoxy) is 2. The minimum Gasteiger partial charge on any atom is -0.495 e. The lowest BCUT2D eigenvalue weighted by molar-refractivity contribution is -0.114. The van der Waals surface area contributed by atoms with Crippen molar-refractivity contribution in [3.63, 3.8) is 0 Å². The van der Waals surface area contributed by atoms with Crippen molar-refractivity contribution in [2.45, 2.75) is 13.8 Å². The Balaban J connectivity index is 2.12. The summed E-state index contributed by atoms with van der Waals surface area (Å²) in [5, 5.41) is 7.94. The van der Waals surface area contributed by atoms with Crippen molar-refractivity contribution in [3.05, 3.63) is 48.0 Å². The van der Waals surface area contributed by atoms with Gasteiger partial charge in [-0.25, -0.2) is 4.79 Å². The van der Waals surface area contributed by atoms with E-state index in [9.17, 15) is 14.4 Å². The third kappa shape index (κ3) is 5.74. The van der Waals surface area contributed by atoms with Gasteiger partial charge in [0, 0.05) is 23.9 Å². The Hall–Kier alpha value is -3.55. The number of benzene rings is 2. The van der Waals surface area contributed by atoms with Crippen LogP contribution in [0.1, 0.15) is 24.2 Å². The molecule has 0 aliphatic carbocycles. The monoisotopic (exact) mass is 371 g/mol. The predicted molar refractivity (Wildman–Crippen MR) is 102 cm³/mol. The topological polar surface area (TPSA) is 106 Å². The van der Waals surface area contributed by atoms with Crippen LogP contribution < -0.4 is 20.7 Å². The Bertz CT molecular complexity index is 834. The summed E-state index contributed by atoms with van der Waals surface area (Å²) < 4.78 is 10.0. The number of nitrogens with one attached hydrogen (secondary N) is 3. The largest absolute Gasteiger partial charge is 0.495 e. The first-order valence-electron chi connectivity index (χ1n) is 8.23. The molecule has 0 radical (unpaired) electrons. The zero-order valence-corrected chi connectivity index (χ0v) is 15.3. The number of hydrogen-bond donors (Lipinski definition) is 3. The molecular weight excluding hydrogens is 350 g/mol. The van der Waals surface area contributed by atoms with Crippen molar-refractivity contribution in [2.24, 2.45) is 0 Å². The third-order valence-electron chi connectivity index (χ3n) is 3.44. The number of carbonyl (C=O) groups excluding carboxylic acids is 3. The van der Waals surface area contributed by atoms with Crippen molar-refractivity contribution in [1.29, 1.82) is 0 Å². The number of hydrogen-bond acceptors (Lipinski definition) is 5. The first kappa shape index (κ1) is 19.8. The highest BCUT2D eigenvalue weighted by atomic mass is 16.5. The maximum atomic E-state index is 12.5. The molecule has 0 bridgehead atoms. The summed E-state index contributed by atoms with van der Waals surface area (Å²) in [6.45, 7) is 3.38. The van der Waals surface area contributed by atoms with Crippen molar-refractivity contribution >= 4 is 35.0 Å². The third-order valence-corrected chi connectivity index (χ3v) is 3.44. The van der Waals surface area contributed by atoms with Crippen LogP contribution in [-0.2, 0) is 9.53 Å². The van der Waals surface area contributed by atoms with Crippen molar-refractivity contribution in [1.82, 2.24) is 0 Å². The van der Waals surface area contributed by atoms with Crippen LogP contribution in [0.15, 0.2) is 42.5 Å². The van der Waals surface area contributed by atoms with Gasteiger partial charge in [0.2, 0.25) is 5.91 Å². The molecule has 0 atom stereocenters. The maximum Gasteiger partial charge on any atom is 0.411 e. The number of anilines is 3. The second-order valence-electron chi connectivity index (χ2n) is 5.47. The summed E-state index contributed by atoms with van der Waals surface area (Å²) in [5.41, 5.74) is 1.85. The van der Waals surface area contributed by atoms with Gasteiger partial charge in [-0.1, -0.05) is 0 Å². The van der Waals surface area contributed by atoms with Crippen LogP contribution in [0, 0.1) is 0 Å². The van der Waals surface area contributed by atoms with E-state index in [2.05, 4.69) is 16.0 Å². The summed E-state index contributed by atoms with van der Waals surface area (Å²) in [5.74, 6) is -0.129. The Morgan fingerprint density at radius 1 is 0.926 bits per heavy atom. The van der Waals surface area contributed by atoms with Gasteiger partial charge in [-0.2, -0.15) is 0 Å². The summed E-state index contributed by atoms with van der Waals surface area (Å²) >= 11 is 0. The molecule has 3 amide bonds. The zero-order chi connectivity index (χ0) is 19.8. The molecule has 2 aromatic rings. The molecule has 0 unspecified atom stereocenters. The van der Waals surface area contributed by atoms with E-state index in [1.165, 1.54) is 14.0 Å². The highest BCUT2D eigenvalue weighted by Crippen LogP contribution is 2.28. The first-order valence-corrected chi connectivity index (χ1v) is 8.23. The van der Waals surface area contributed by atoms with Gasteiger partial charge in [0.05, 0.1) is 19.4 Å². The number of rotatable bonds is 6. The normalized spacial score (nSPS) is 9.89. The molecule has 8 nitrogen and oxygen atoms in total. The molecule has 0 fully saturated rings. The lowest BCUT2D eigenvalue weighted by Crippen LogP contribution is -2.15. The molecule has 142 valence electrons. The molecule has 0 saturated heterocycles. The smallest absolute Gasteiger partial charge is 0.411 e. The van der Waals surface area contributed by atoms with E-state index in [1.807, 2.05) is 0 Å². The van der Waals surface area contributed by atoms with Crippen LogP contribution in [-0.4, -0.2) is 31.6 Å². The first-order chi connectivity index (χ1) is 12.9. The molecule has 27 heavy (non-hydrogen) atoms. The summed E-state index contributed by atoms with van der Waals surface area (Å²) in [6, 6.07) is 11.3. The second-order valence-corrected chi connectivity index (χ2v) is 5.47. The van der Waals surface area contributed by atoms with Gasteiger partial charge in [0.25, 0.3) is 5.91 Å². The molecular formula is C19H21N3O5. The molecule has 0 aromatic heterocycles. The van der Waals surface area contributed by atoms with Gasteiger partial charge >= 0.3 is 6.09 Å². The average Bonchev–Trinajstić information content (AvgIpc) is 2.62. The highest BCUT2D eigenvalue weighted by Gasteiger charge is 2.12. The number of amides is 3.